The summed E-state index contributed by atoms with van der Waals surface area (Å²) < 4.78 is 22.1. The number of nitrogens with zero attached hydrogens (tertiary/aromatic N) is 1. The molecule has 0 aliphatic rings. The summed E-state index contributed by atoms with van der Waals surface area (Å²) in [6.45, 7) is 2.33. The van der Waals surface area contributed by atoms with Crippen LogP contribution in [-0.2, 0) is 4.79 Å². The van der Waals surface area contributed by atoms with Crippen molar-refractivity contribution in [1.29, 1.82) is 0 Å². The van der Waals surface area contributed by atoms with Crippen LogP contribution in [0.25, 0.3) is 0 Å². The smallest absolute Gasteiger partial charge is 0.236 e. The van der Waals surface area contributed by atoms with Gasteiger partial charge in [-0.25, -0.2) is 5.43 Å². The zero-order valence-corrected chi connectivity index (χ0v) is 15.7. The van der Waals surface area contributed by atoms with Gasteiger partial charge in [-0.05, 0) is 24.3 Å². The maximum absolute atomic E-state index is 10.9. The molecule has 0 atom stereocenters. The number of nitrogens with one attached hydrogen (secondary N) is 1. The summed E-state index contributed by atoms with van der Waals surface area (Å²) in [6.07, 6.45) is 2.20. The van der Waals surface area contributed by atoms with Gasteiger partial charge >= 0.3 is 0 Å². The summed E-state index contributed by atoms with van der Waals surface area (Å²) in [4.78, 5) is 10.9. The number of hydrogen-bond donors (Lipinski definition) is 1. The lowest BCUT2D eigenvalue weighted by Crippen LogP contribution is -2.12. The van der Waals surface area contributed by atoms with Crippen molar-refractivity contribution in [3.05, 3.63) is 48.0 Å². The number of ether oxygens (including phenoxy) is 4. The highest BCUT2D eigenvalue weighted by Crippen LogP contribution is 2.30. The molecule has 7 heteroatoms. The van der Waals surface area contributed by atoms with Crippen LogP contribution in [0.3, 0.4) is 0 Å². The van der Waals surface area contributed by atoms with E-state index >= 15 is 0 Å². The number of benzene rings is 2. The molecular weight excluding hydrogens is 348 g/mol. The highest BCUT2D eigenvalue weighted by molar-refractivity contribution is 5.86. The Labute approximate surface area is 158 Å². The second kappa shape index (κ2) is 10.7. The Hall–Kier alpha value is -3.22. The van der Waals surface area contributed by atoms with Gasteiger partial charge in [-0.2, -0.15) is 5.10 Å². The summed E-state index contributed by atoms with van der Waals surface area (Å²) >= 11 is 0. The van der Waals surface area contributed by atoms with Crippen molar-refractivity contribution >= 4 is 12.1 Å². The van der Waals surface area contributed by atoms with Gasteiger partial charge in [0.1, 0.15) is 11.5 Å². The number of amides is 1. The van der Waals surface area contributed by atoms with Crippen molar-refractivity contribution in [2.24, 2.45) is 5.10 Å². The molecule has 0 saturated carbocycles. The topological polar surface area (TPSA) is 78.4 Å². The number of methoxy groups -OCH3 is 2. The van der Waals surface area contributed by atoms with Crippen LogP contribution in [0.15, 0.2) is 47.6 Å². The van der Waals surface area contributed by atoms with Gasteiger partial charge in [-0.3, -0.25) is 4.79 Å². The quantitative estimate of drug-likeness (QED) is 0.394. The number of hydrogen-bond acceptors (Lipinski definition) is 6. The van der Waals surface area contributed by atoms with Gasteiger partial charge in [0, 0.05) is 25.0 Å². The van der Waals surface area contributed by atoms with E-state index in [0.717, 1.165) is 11.5 Å². The van der Waals surface area contributed by atoms with Crippen molar-refractivity contribution in [1.82, 2.24) is 5.43 Å². The highest BCUT2D eigenvalue weighted by atomic mass is 16.5. The predicted molar refractivity (Wildman–Crippen MR) is 103 cm³/mol. The van der Waals surface area contributed by atoms with Crippen molar-refractivity contribution in [2.45, 2.75) is 13.3 Å². The molecule has 2 aromatic carbocycles. The minimum atomic E-state index is -0.244. The third-order valence-electron chi connectivity index (χ3n) is 3.50. The third kappa shape index (κ3) is 6.54. The van der Waals surface area contributed by atoms with E-state index in [0.29, 0.717) is 36.7 Å². The predicted octanol–water partition coefficient (Wildman–Crippen LogP) is 3.02. The molecule has 2 aromatic rings. The van der Waals surface area contributed by atoms with Gasteiger partial charge in [-0.15, -0.1) is 0 Å². The van der Waals surface area contributed by atoms with Crippen molar-refractivity contribution < 1.29 is 23.7 Å². The van der Waals surface area contributed by atoms with Crippen molar-refractivity contribution in [2.75, 3.05) is 27.4 Å². The maximum atomic E-state index is 10.9. The maximum Gasteiger partial charge on any atom is 0.236 e. The molecule has 1 amide bonds. The Bertz CT molecular complexity index is 777. The molecule has 7 nitrogen and oxygen atoms in total. The molecule has 27 heavy (non-hydrogen) atoms. The van der Waals surface area contributed by atoms with E-state index in [-0.39, 0.29) is 5.91 Å². The number of hydrazone groups is 1. The van der Waals surface area contributed by atoms with Crippen LogP contribution >= 0.6 is 0 Å². The Kier molecular flexibility index (Phi) is 7.96. The van der Waals surface area contributed by atoms with Gasteiger partial charge in [-0.1, -0.05) is 12.1 Å². The first kappa shape index (κ1) is 20.1. The standard InChI is InChI=1S/C20H24N2O5/c1-15(23)22-21-14-16-7-4-10-19(25-3)20(16)27-12-6-11-26-18-9-5-8-17(13-18)24-2/h4-5,7-10,13-14H,6,11-12H2,1-3H3,(H,22,23)/b21-14-. The van der Waals surface area contributed by atoms with Crippen LogP contribution < -0.4 is 24.4 Å². The fourth-order valence-corrected chi connectivity index (χ4v) is 2.26. The Morgan fingerprint density at radius 2 is 1.78 bits per heavy atom. The molecule has 0 spiro atoms. The molecular formula is C20H24N2O5. The minimum absolute atomic E-state index is 0.244. The van der Waals surface area contributed by atoms with E-state index in [1.807, 2.05) is 36.4 Å². The monoisotopic (exact) mass is 372 g/mol. The minimum Gasteiger partial charge on any atom is -0.497 e. The molecule has 144 valence electrons. The van der Waals surface area contributed by atoms with E-state index in [4.69, 9.17) is 18.9 Å². The summed E-state index contributed by atoms with van der Waals surface area (Å²) in [5, 5.41) is 3.88. The lowest BCUT2D eigenvalue weighted by Gasteiger charge is -2.13. The van der Waals surface area contributed by atoms with Crippen molar-refractivity contribution in [3.63, 3.8) is 0 Å². The second-order valence-corrected chi connectivity index (χ2v) is 5.53. The second-order valence-electron chi connectivity index (χ2n) is 5.53. The number of rotatable bonds is 10. The van der Waals surface area contributed by atoms with Crippen LogP contribution in [0.5, 0.6) is 23.0 Å². The fraction of sp³-hybridized carbons (Fsp3) is 0.300. The first-order chi connectivity index (χ1) is 13.1. The molecule has 0 fully saturated rings. The van der Waals surface area contributed by atoms with E-state index in [1.165, 1.54) is 13.1 Å². The summed E-state index contributed by atoms with van der Waals surface area (Å²) in [5.41, 5.74) is 3.07. The van der Waals surface area contributed by atoms with E-state index in [9.17, 15) is 4.79 Å². The van der Waals surface area contributed by atoms with Gasteiger partial charge < -0.3 is 18.9 Å². The molecule has 0 bridgehead atoms. The van der Waals surface area contributed by atoms with E-state index in [1.54, 1.807) is 20.3 Å². The Morgan fingerprint density at radius 1 is 1.04 bits per heavy atom. The van der Waals surface area contributed by atoms with Crippen LogP contribution in [-0.4, -0.2) is 39.6 Å². The van der Waals surface area contributed by atoms with Crippen LogP contribution in [0, 0.1) is 0 Å². The first-order valence-electron chi connectivity index (χ1n) is 8.50. The lowest BCUT2D eigenvalue weighted by atomic mass is 10.2. The lowest BCUT2D eigenvalue weighted by molar-refractivity contribution is -0.118. The van der Waals surface area contributed by atoms with Crippen LogP contribution in [0.4, 0.5) is 0 Å². The number of carbonyl (C=O) groups excluding carboxylic acids is 1. The Balaban J connectivity index is 1.90. The zero-order chi connectivity index (χ0) is 19.5. The zero-order valence-electron chi connectivity index (χ0n) is 15.7. The molecule has 0 unspecified atom stereocenters. The average Bonchev–Trinajstić information content (AvgIpc) is 2.68. The molecule has 0 radical (unpaired) electrons. The molecule has 0 aromatic heterocycles. The van der Waals surface area contributed by atoms with Crippen molar-refractivity contribution in [3.8, 4) is 23.0 Å². The molecule has 0 aliphatic heterocycles. The fourth-order valence-electron chi connectivity index (χ4n) is 2.26. The summed E-state index contributed by atoms with van der Waals surface area (Å²) in [6, 6.07) is 12.9. The Morgan fingerprint density at radius 3 is 2.52 bits per heavy atom. The SMILES string of the molecule is COc1cccc(OCCCOc2c(/C=N\NC(C)=O)cccc2OC)c1. The molecule has 0 heterocycles. The summed E-state index contributed by atoms with van der Waals surface area (Å²) in [5.74, 6) is 2.41. The summed E-state index contributed by atoms with van der Waals surface area (Å²) in [7, 11) is 3.19. The van der Waals surface area contributed by atoms with Gasteiger partial charge in [0.05, 0.1) is 33.6 Å². The third-order valence-corrected chi connectivity index (χ3v) is 3.50. The largest absolute Gasteiger partial charge is 0.497 e. The van der Waals surface area contributed by atoms with Crippen LogP contribution in [0.2, 0.25) is 0 Å². The van der Waals surface area contributed by atoms with Gasteiger partial charge in [0.15, 0.2) is 11.5 Å². The van der Waals surface area contributed by atoms with Gasteiger partial charge in [0.25, 0.3) is 0 Å². The number of para-hydroxylation sites is 1. The van der Waals surface area contributed by atoms with E-state index in [2.05, 4.69) is 10.5 Å². The van der Waals surface area contributed by atoms with Gasteiger partial charge in [0.2, 0.25) is 5.91 Å². The molecule has 2 rings (SSSR count). The normalized spacial score (nSPS) is 10.5. The molecule has 0 aliphatic carbocycles. The first-order valence-corrected chi connectivity index (χ1v) is 8.50. The highest BCUT2D eigenvalue weighted by Gasteiger charge is 2.09. The molecule has 1 N–H and O–H groups in total. The van der Waals surface area contributed by atoms with E-state index < -0.39 is 0 Å². The average molecular weight is 372 g/mol. The molecule has 0 saturated heterocycles. The van der Waals surface area contributed by atoms with Crippen LogP contribution in [0.1, 0.15) is 18.9 Å². The number of carbonyl (C=O) groups is 1.